The smallest absolute Gasteiger partial charge is 0.334 e. The molecule has 0 atom stereocenters. The fourth-order valence-corrected chi connectivity index (χ4v) is 0.999. The molecule has 0 unspecified atom stereocenters. The normalized spacial score (nSPS) is 12.2. The SMILES string of the molecule is CCCC/C(OCC)=C(/C)C(=O)O. The number of carbonyl (C=O) groups is 1. The molecule has 13 heavy (non-hydrogen) atoms. The van der Waals surface area contributed by atoms with Crippen LogP contribution in [-0.2, 0) is 9.53 Å². The zero-order valence-electron chi connectivity index (χ0n) is 8.59. The van der Waals surface area contributed by atoms with Gasteiger partial charge in [0.25, 0.3) is 0 Å². The minimum Gasteiger partial charge on any atom is -0.498 e. The van der Waals surface area contributed by atoms with Crippen molar-refractivity contribution in [2.45, 2.75) is 40.0 Å². The first-order valence-electron chi connectivity index (χ1n) is 4.69. The summed E-state index contributed by atoms with van der Waals surface area (Å²) < 4.78 is 5.27. The van der Waals surface area contributed by atoms with Gasteiger partial charge < -0.3 is 9.84 Å². The lowest BCUT2D eigenvalue weighted by Gasteiger charge is -2.09. The zero-order valence-corrected chi connectivity index (χ0v) is 8.59. The van der Waals surface area contributed by atoms with Gasteiger partial charge in [-0.1, -0.05) is 13.3 Å². The van der Waals surface area contributed by atoms with Gasteiger partial charge in [-0.3, -0.25) is 0 Å². The molecule has 1 N–H and O–H groups in total. The maximum atomic E-state index is 10.6. The van der Waals surface area contributed by atoms with Crippen molar-refractivity contribution >= 4 is 5.97 Å². The highest BCUT2D eigenvalue weighted by atomic mass is 16.5. The Kier molecular flexibility index (Phi) is 6.02. The number of allylic oxidation sites excluding steroid dienone is 1. The van der Waals surface area contributed by atoms with Gasteiger partial charge in [-0.25, -0.2) is 4.79 Å². The number of unbranched alkanes of at least 4 members (excludes halogenated alkanes) is 1. The molecule has 0 bridgehead atoms. The van der Waals surface area contributed by atoms with E-state index in [2.05, 4.69) is 6.92 Å². The molecule has 0 radical (unpaired) electrons. The Morgan fingerprint density at radius 1 is 1.38 bits per heavy atom. The van der Waals surface area contributed by atoms with E-state index in [1.54, 1.807) is 6.92 Å². The monoisotopic (exact) mass is 186 g/mol. The van der Waals surface area contributed by atoms with Crippen LogP contribution in [0.15, 0.2) is 11.3 Å². The highest BCUT2D eigenvalue weighted by Gasteiger charge is 2.09. The van der Waals surface area contributed by atoms with Crippen molar-refractivity contribution in [3.63, 3.8) is 0 Å². The number of carboxylic acids is 1. The van der Waals surface area contributed by atoms with Gasteiger partial charge in [0.05, 0.1) is 12.2 Å². The van der Waals surface area contributed by atoms with E-state index in [1.807, 2.05) is 6.92 Å². The Morgan fingerprint density at radius 3 is 2.38 bits per heavy atom. The van der Waals surface area contributed by atoms with E-state index >= 15 is 0 Å². The van der Waals surface area contributed by atoms with Gasteiger partial charge in [-0.15, -0.1) is 0 Å². The van der Waals surface area contributed by atoms with Gasteiger partial charge in [0.1, 0.15) is 5.76 Å². The van der Waals surface area contributed by atoms with Crippen molar-refractivity contribution in [1.29, 1.82) is 0 Å². The Labute approximate surface area is 79.4 Å². The van der Waals surface area contributed by atoms with Crippen molar-refractivity contribution in [1.82, 2.24) is 0 Å². The summed E-state index contributed by atoms with van der Waals surface area (Å²) in [6.07, 6.45) is 2.74. The molecule has 0 aliphatic rings. The summed E-state index contributed by atoms with van der Waals surface area (Å²) in [6, 6.07) is 0. The molecular formula is C10H18O3. The minimum atomic E-state index is -0.889. The molecule has 0 aromatic heterocycles. The number of hydrogen-bond acceptors (Lipinski definition) is 2. The van der Waals surface area contributed by atoms with Crippen LogP contribution in [0.5, 0.6) is 0 Å². The van der Waals surface area contributed by atoms with Crippen LogP contribution in [-0.4, -0.2) is 17.7 Å². The van der Waals surface area contributed by atoms with Gasteiger partial charge in [-0.05, 0) is 20.3 Å². The molecule has 0 aromatic rings. The fourth-order valence-electron chi connectivity index (χ4n) is 0.999. The largest absolute Gasteiger partial charge is 0.498 e. The van der Waals surface area contributed by atoms with Gasteiger partial charge in [0.15, 0.2) is 0 Å². The molecule has 0 aliphatic heterocycles. The summed E-state index contributed by atoms with van der Waals surface area (Å²) in [4.78, 5) is 10.6. The van der Waals surface area contributed by atoms with E-state index in [9.17, 15) is 4.79 Å². The molecule has 3 heteroatoms. The first-order valence-corrected chi connectivity index (χ1v) is 4.69. The molecule has 0 rings (SSSR count). The Bertz CT molecular complexity index is 194. The molecule has 3 nitrogen and oxygen atoms in total. The van der Waals surface area contributed by atoms with Crippen LogP contribution < -0.4 is 0 Å². The van der Waals surface area contributed by atoms with Gasteiger partial charge in [0, 0.05) is 6.42 Å². The van der Waals surface area contributed by atoms with E-state index in [-0.39, 0.29) is 0 Å². The summed E-state index contributed by atoms with van der Waals surface area (Å²) in [5.74, 6) is -0.267. The number of aliphatic carboxylic acids is 1. The van der Waals surface area contributed by atoms with Crippen LogP contribution in [0.4, 0.5) is 0 Å². The van der Waals surface area contributed by atoms with Gasteiger partial charge in [-0.2, -0.15) is 0 Å². The summed E-state index contributed by atoms with van der Waals surface area (Å²) in [7, 11) is 0. The number of carboxylic acid groups (broad SMARTS) is 1. The molecule has 0 saturated carbocycles. The lowest BCUT2D eigenvalue weighted by Crippen LogP contribution is -2.04. The van der Waals surface area contributed by atoms with E-state index in [4.69, 9.17) is 9.84 Å². The molecule has 0 amide bonds. The summed E-state index contributed by atoms with van der Waals surface area (Å²) in [5, 5.41) is 8.74. The summed E-state index contributed by atoms with van der Waals surface area (Å²) in [6.45, 7) is 6.05. The maximum absolute atomic E-state index is 10.6. The van der Waals surface area contributed by atoms with Gasteiger partial charge in [0.2, 0.25) is 0 Å². The molecule has 0 fully saturated rings. The van der Waals surface area contributed by atoms with Crippen molar-refractivity contribution in [2.75, 3.05) is 6.61 Å². The Morgan fingerprint density at radius 2 is 2.00 bits per heavy atom. The maximum Gasteiger partial charge on any atom is 0.334 e. The molecule has 0 aromatic carbocycles. The second kappa shape index (κ2) is 6.52. The minimum absolute atomic E-state index is 0.329. The van der Waals surface area contributed by atoms with Crippen LogP contribution in [0.3, 0.4) is 0 Å². The molecule has 0 spiro atoms. The van der Waals surface area contributed by atoms with E-state index < -0.39 is 5.97 Å². The molecule has 0 aliphatic carbocycles. The molecular weight excluding hydrogens is 168 g/mol. The Balaban J connectivity index is 4.37. The summed E-state index contributed by atoms with van der Waals surface area (Å²) in [5.41, 5.74) is 0.329. The molecule has 76 valence electrons. The average Bonchev–Trinajstić information content (AvgIpc) is 2.11. The van der Waals surface area contributed by atoms with E-state index in [1.165, 1.54) is 0 Å². The average molecular weight is 186 g/mol. The predicted octanol–water partition coefficient (Wildman–Crippen LogP) is 2.57. The molecule has 0 saturated heterocycles. The van der Waals surface area contributed by atoms with E-state index in [0.717, 1.165) is 19.3 Å². The zero-order chi connectivity index (χ0) is 10.3. The predicted molar refractivity (Wildman–Crippen MR) is 51.5 cm³/mol. The lowest BCUT2D eigenvalue weighted by molar-refractivity contribution is -0.132. The first kappa shape index (κ1) is 12.0. The number of ether oxygens (including phenoxy) is 1. The highest BCUT2D eigenvalue weighted by molar-refractivity contribution is 5.86. The second-order valence-corrected chi connectivity index (χ2v) is 2.89. The second-order valence-electron chi connectivity index (χ2n) is 2.89. The quantitative estimate of drug-likeness (QED) is 0.512. The third-order valence-electron chi connectivity index (χ3n) is 1.82. The van der Waals surface area contributed by atoms with Crippen LogP contribution in [0, 0.1) is 0 Å². The lowest BCUT2D eigenvalue weighted by atomic mass is 10.1. The number of rotatable bonds is 6. The van der Waals surface area contributed by atoms with Crippen LogP contribution in [0.2, 0.25) is 0 Å². The first-order chi connectivity index (χ1) is 6.13. The van der Waals surface area contributed by atoms with Crippen molar-refractivity contribution in [3.05, 3.63) is 11.3 Å². The number of hydrogen-bond donors (Lipinski definition) is 1. The molecule has 0 heterocycles. The van der Waals surface area contributed by atoms with Crippen LogP contribution in [0.25, 0.3) is 0 Å². The Hall–Kier alpha value is -0.990. The third kappa shape index (κ3) is 4.55. The van der Waals surface area contributed by atoms with Gasteiger partial charge >= 0.3 is 5.97 Å². The topological polar surface area (TPSA) is 46.5 Å². The summed E-state index contributed by atoms with van der Waals surface area (Å²) >= 11 is 0. The fraction of sp³-hybridized carbons (Fsp3) is 0.700. The standard InChI is InChI=1S/C10H18O3/c1-4-6-7-9(13-5-2)8(3)10(11)12/h4-7H2,1-3H3,(H,11,12)/b9-8+. The highest BCUT2D eigenvalue weighted by Crippen LogP contribution is 2.14. The van der Waals surface area contributed by atoms with E-state index in [0.29, 0.717) is 17.9 Å². The van der Waals surface area contributed by atoms with Crippen LogP contribution >= 0.6 is 0 Å². The van der Waals surface area contributed by atoms with Crippen molar-refractivity contribution in [2.24, 2.45) is 0 Å². The van der Waals surface area contributed by atoms with Crippen LogP contribution in [0.1, 0.15) is 40.0 Å². The van der Waals surface area contributed by atoms with Crippen molar-refractivity contribution < 1.29 is 14.6 Å². The van der Waals surface area contributed by atoms with Crippen molar-refractivity contribution in [3.8, 4) is 0 Å². The third-order valence-corrected chi connectivity index (χ3v) is 1.82.